The number of benzene rings is 3. The third-order valence-electron chi connectivity index (χ3n) is 5.13. The molecule has 0 spiro atoms. The van der Waals surface area contributed by atoms with E-state index in [9.17, 15) is 18.0 Å². The molecule has 144 valence electrons. The lowest BCUT2D eigenvalue weighted by atomic mass is 9.99. The van der Waals surface area contributed by atoms with Gasteiger partial charge < -0.3 is 5.32 Å². The number of halogens is 3. The molecule has 0 amide bonds. The Kier molecular flexibility index (Phi) is 4.06. The molecule has 1 aliphatic carbocycles. The highest BCUT2D eigenvalue weighted by Gasteiger charge is 2.39. The normalized spacial score (nSPS) is 17.9. The highest BCUT2D eigenvalue weighted by Crippen LogP contribution is 2.52. The molecule has 6 heteroatoms. The summed E-state index contributed by atoms with van der Waals surface area (Å²) in [6, 6.07) is 20.1. The number of hydrogen-bond donors (Lipinski definition) is 1. The van der Waals surface area contributed by atoms with E-state index < -0.39 is 17.0 Å². The van der Waals surface area contributed by atoms with E-state index in [1.54, 1.807) is 18.2 Å². The summed E-state index contributed by atoms with van der Waals surface area (Å²) >= 11 is 1.39. The van der Waals surface area contributed by atoms with Crippen molar-refractivity contribution in [3.8, 4) is 0 Å². The highest BCUT2D eigenvalue weighted by molar-refractivity contribution is 8.00. The Morgan fingerprint density at radius 3 is 2.38 bits per heavy atom. The first kappa shape index (κ1) is 18.1. The molecule has 1 atom stereocenters. The molecule has 2 nitrogen and oxygen atoms in total. The van der Waals surface area contributed by atoms with Crippen LogP contribution >= 0.6 is 11.8 Å². The predicted molar refractivity (Wildman–Crippen MR) is 108 cm³/mol. The van der Waals surface area contributed by atoms with Crippen LogP contribution in [0.4, 0.5) is 18.9 Å². The SMILES string of the molecule is O=C1C2=C(Nc3ccccc3SC2c2cccc(C(F)(F)F)c2)c2ccccc21. The summed E-state index contributed by atoms with van der Waals surface area (Å²) in [7, 11) is 0. The number of hydrogen-bond acceptors (Lipinski definition) is 3. The molecule has 1 unspecified atom stereocenters. The summed E-state index contributed by atoms with van der Waals surface area (Å²) in [5.41, 5.74) is 3.09. The molecule has 0 bridgehead atoms. The van der Waals surface area contributed by atoms with Crippen molar-refractivity contribution in [3.05, 3.63) is 101 Å². The average Bonchev–Trinajstić information content (AvgIpc) is 2.88. The lowest BCUT2D eigenvalue weighted by Gasteiger charge is -2.18. The second-order valence-corrected chi connectivity index (χ2v) is 8.05. The van der Waals surface area contributed by atoms with Gasteiger partial charge >= 0.3 is 6.18 Å². The van der Waals surface area contributed by atoms with Gasteiger partial charge in [0.15, 0.2) is 5.78 Å². The Labute approximate surface area is 169 Å². The molecular weight excluding hydrogens is 395 g/mol. The van der Waals surface area contributed by atoms with Crippen molar-refractivity contribution < 1.29 is 18.0 Å². The van der Waals surface area contributed by atoms with E-state index in [-0.39, 0.29) is 5.78 Å². The Hall–Kier alpha value is -2.99. The standard InChI is InChI=1S/C23H14F3NOS/c24-23(25,26)14-7-5-6-13(12-14)22-19-20(15-8-1-2-9-16(15)21(19)28)27-17-10-3-4-11-18(17)29-22/h1-12,22,27H. The smallest absolute Gasteiger partial charge is 0.354 e. The molecule has 5 rings (SSSR count). The first-order chi connectivity index (χ1) is 13.9. The van der Waals surface area contributed by atoms with Crippen molar-refractivity contribution in [2.45, 2.75) is 16.3 Å². The third kappa shape index (κ3) is 2.95. The maximum absolute atomic E-state index is 13.3. The van der Waals surface area contributed by atoms with Gasteiger partial charge in [0, 0.05) is 21.6 Å². The number of carbonyl (C=O) groups is 1. The second kappa shape index (κ2) is 6.52. The van der Waals surface area contributed by atoms with Crippen molar-refractivity contribution in [3.63, 3.8) is 0 Å². The zero-order valence-electron chi connectivity index (χ0n) is 15.0. The van der Waals surface area contributed by atoms with Gasteiger partial charge in [0.2, 0.25) is 0 Å². The van der Waals surface area contributed by atoms with Crippen molar-refractivity contribution in [1.82, 2.24) is 0 Å². The number of para-hydroxylation sites is 1. The Morgan fingerprint density at radius 2 is 1.59 bits per heavy atom. The minimum Gasteiger partial charge on any atom is -0.354 e. The lowest BCUT2D eigenvalue weighted by Crippen LogP contribution is -2.10. The lowest BCUT2D eigenvalue weighted by molar-refractivity contribution is -0.137. The number of rotatable bonds is 1. The molecular formula is C23H14F3NOS. The molecule has 1 aliphatic heterocycles. The predicted octanol–water partition coefficient (Wildman–Crippen LogP) is 6.57. The van der Waals surface area contributed by atoms with E-state index in [4.69, 9.17) is 0 Å². The van der Waals surface area contributed by atoms with Crippen LogP contribution in [-0.4, -0.2) is 5.78 Å². The number of thioether (sulfide) groups is 1. The van der Waals surface area contributed by atoms with Crippen LogP contribution in [0.5, 0.6) is 0 Å². The molecule has 0 saturated carbocycles. The fourth-order valence-corrected chi connectivity index (χ4v) is 5.08. The molecule has 0 fully saturated rings. The Morgan fingerprint density at radius 1 is 0.862 bits per heavy atom. The van der Waals surface area contributed by atoms with E-state index >= 15 is 0 Å². The van der Waals surface area contributed by atoms with Gasteiger partial charge in [0.25, 0.3) is 0 Å². The van der Waals surface area contributed by atoms with Crippen LogP contribution in [0.25, 0.3) is 5.70 Å². The van der Waals surface area contributed by atoms with E-state index in [0.29, 0.717) is 22.4 Å². The topological polar surface area (TPSA) is 29.1 Å². The van der Waals surface area contributed by atoms with Gasteiger partial charge in [-0.2, -0.15) is 13.2 Å². The van der Waals surface area contributed by atoms with Gasteiger partial charge in [-0.15, -0.1) is 11.8 Å². The summed E-state index contributed by atoms with van der Waals surface area (Å²) in [6.07, 6.45) is -4.44. The fourth-order valence-electron chi connectivity index (χ4n) is 3.79. The molecule has 3 aromatic carbocycles. The van der Waals surface area contributed by atoms with Crippen LogP contribution in [0.3, 0.4) is 0 Å². The number of alkyl halides is 3. The van der Waals surface area contributed by atoms with Gasteiger partial charge in [-0.3, -0.25) is 4.79 Å². The van der Waals surface area contributed by atoms with E-state index in [1.165, 1.54) is 17.8 Å². The van der Waals surface area contributed by atoms with Crippen LogP contribution in [-0.2, 0) is 6.18 Å². The number of anilines is 1. The fraction of sp³-hybridized carbons (Fsp3) is 0.0870. The molecule has 29 heavy (non-hydrogen) atoms. The molecule has 1 heterocycles. The quantitative estimate of drug-likeness (QED) is 0.493. The molecule has 3 aromatic rings. The molecule has 2 aliphatic rings. The summed E-state index contributed by atoms with van der Waals surface area (Å²) in [6.45, 7) is 0. The third-order valence-corrected chi connectivity index (χ3v) is 6.48. The van der Waals surface area contributed by atoms with Gasteiger partial charge in [0.1, 0.15) is 0 Å². The minimum atomic E-state index is -4.44. The van der Waals surface area contributed by atoms with Crippen molar-refractivity contribution in [2.75, 3.05) is 5.32 Å². The van der Waals surface area contributed by atoms with Gasteiger partial charge in [-0.05, 0) is 23.8 Å². The van der Waals surface area contributed by atoms with E-state index in [1.807, 2.05) is 36.4 Å². The van der Waals surface area contributed by atoms with E-state index in [2.05, 4.69) is 5.32 Å². The molecule has 1 N–H and O–H groups in total. The highest BCUT2D eigenvalue weighted by atomic mass is 32.2. The van der Waals surface area contributed by atoms with Gasteiger partial charge in [-0.1, -0.05) is 54.6 Å². The maximum Gasteiger partial charge on any atom is 0.416 e. The van der Waals surface area contributed by atoms with Crippen LogP contribution < -0.4 is 5.32 Å². The minimum absolute atomic E-state index is 0.147. The zero-order valence-corrected chi connectivity index (χ0v) is 15.8. The summed E-state index contributed by atoms with van der Waals surface area (Å²) in [5, 5.41) is 2.82. The molecule has 0 aromatic heterocycles. The molecule has 0 radical (unpaired) electrons. The number of ketones is 1. The summed E-state index contributed by atoms with van der Waals surface area (Å²) < 4.78 is 39.9. The summed E-state index contributed by atoms with van der Waals surface area (Å²) in [5.74, 6) is -0.147. The monoisotopic (exact) mass is 409 g/mol. The van der Waals surface area contributed by atoms with Gasteiger partial charge in [-0.25, -0.2) is 0 Å². The average molecular weight is 409 g/mol. The number of fused-ring (bicyclic) bond motifs is 3. The zero-order chi connectivity index (χ0) is 20.2. The van der Waals surface area contributed by atoms with Crippen LogP contribution in [0.2, 0.25) is 0 Å². The molecule has 0 saturated heterocycles. The number of Topliss-reactive ketones (excluding diaryl/α,β-unsaturated/α-hetero) is 1. The Balaban J connectivity index is 1.73. The van der Waals surface area contributed by atoms with Crippen molar-refractivity contribution in [2.24, 2.45) is 0 Å². The maximum atomic E-state index is 13.3. The van der Waals surface area contributed by atoms with Crippen LogP contribution in [0, 0.1) is 0 Å². The van der Waals surface area contributed by atoms with Gasteiger partial charge in [0.05, 0.1) is 22.2 Å². The van der Waals surface area contributed by atoms with E-state index in [0.717, 1.165) is 28.3 Å². The number of nitrogens with one attached hydrogen (secondary N) is 1. The van der Waals surface area contributed by atoms with Crippen LogP contribution in [0.15, 0.2) is 83.3 Å². The second-order valence-electron chi connectivity index (χ2n) is 6.91. The first-order valence-electron chi connectivity index (χ1n) is 9.01. The number of carbonyl (C=O) groups excluding carboxylic acids is 1. The first-order valence-corrected chi connectivity index (χ1v) is 9.89. The van der Waals surface area contributed by atoms with Crippen molar-refractivity contribution in [1.29, 1.82) is 0 Å². The van der Waals surface area contributed by atoms with Crippen LogP contribution in [0.1, 0.15) is 32.3 Å². The largest absolute Gasteiger partial charge is 0.416 e. The Bertz CT molecular complexity index is 1180. The summed E-state index contributed by atoms with van der Waals surface area (Å²) in [4.78, 5) is 14.2. The van der Waals surface area contributed by atoms with Crippen molar-refractivity contribution >= 4 is 28.9 Å².